The van der Waals surface area contributed by atoms with Gasteiger partial charge in [0.25, 0.3) is 0 Å². The minimum absolute atomic E-state index is 0.339. The van der Waals surface area contributed by atoms with E-state index in [2.05, 4.69) is 145 Å². The number of rotatable bonds is 5. The zero-order chi connectivity index (χ0) is 31.9. The Labute approximate surface area is 279 Å². The number of benzene rings is 8. The molecule has 0 spiro atoms. The van der Waals surface area contributed by atoms with Gasteiger partial charge in [0.2, 0.25) is 0 Å². The molecular weight excluding hydrogens is 583 g/mol. The van der Waals surface area contributed by atoms with Crippen molar-refractivity contribution >= 4 is 44.0 Å². The fourth-order valence-corrected chi connectivity index (χ4v) is 6.97. The molecule has 1 unspecified atom stereocenters. The van der Waals surface area contributed by atoms with Gasteiger partial charge >= 0.3 is 0 Å². The minimum Gasteiger partial charge on any atom is -0.324 e. The molecule has 8 aromatic rings. The van der Waals surface area contributed by atoms with Gasteiger partial charge in [-0.25, -0.2) is 9.98 Å². The molecule has 0 bridgehead atoms. The van der Waals surface area contributed by atoms with Crippen LogP contribution in [0.15, 0.2) is 186 Å². The van der Waals surface area contributed by atoms with Crippen molar-refractivity contribution in [3.63, 3.8) is 0 Å². The van der Waals surface area contributed by atoms with Crippen molar-refractivity contribution in [1.82, 2.24) is 5.32 Å². The Morgan fingerprint density at radius 3 is 1.48 bits per heavy atom. The predicted octanol–water partition coefficient (Wildman–Crippen LogP) is 11.0. The molecule has 0 radical (unpaired) electrons. The standard InChI is InChI=1S/C45H31N3/c1-3-13-32(14-4-1)43-46-44(33-15-5-2-6-16-33)48-45(47-43)41-22-12-7-17-35(41)31-25-23-30(24-26-31)34-27-28-40-38-20-9-8-18-36(38)37-19-10-11-21-39(37)42(40)29-34/h1-29,43H,(H,46,47,48). The van der Waals surface area contributed by atoms with Crippen LogP contribution in [0.4, 0.5) is 0 Å². The van der Waals surface area contributed by atoms with Gasteiger partial charge in [0.1, 0.15) is 11.7 Å². The molecule has 1 atom stereocenters. The van der Waals surface area contributed by atoms with Gasteiger partial charge in [-0.3, -0.25) is 0 Å². The van der Waals surface area contributed by atoms with Crippen LogP contribution >= 0.6 is 0 Å². The van der Waals surface area contributed by atoms with Crippen LogP contribution in [0.5, 0.6) is 0 Å². The third-order valence-electron chi connectivity index (χ3n) is 9.34. The molecule has 0 amide bonds. The summed E-state index contributed by atoms with van der Waals surface area (Å²) >= 11 is 0. The van der Waals surface area contributed by atoms with E-state index in [9.17, 15) is 0 Å². The van der Waals surface area contributed by atoms with Crippen molar-refractivity contribution in [1.29, 1.82) is 0 Å². The van der Waals surface area contributed by atoms with Crippen LogP contribution in [0.1, 0.15) is 22.9 Å². The minimum atomic E-state index is -0.339. The van der Waals surface area contributed by atoms with Crippen molar-refractivity contribution in [2.45, 2.75) is 6.17 Å². The number of amidine groups is 2. The first-order valence-corrected chi connectivity index (χ1v) is 16.4. The van der Waals surface area contributed by atoms with Crippen molar-refractivity contribution in [2.24, 2.45) is 9.98 Å². The maximum atomic E-state index is 5.14. The average Bonchev–Trinajstić information content (AvgIpc) is 3.18. The number of nitrogens with one attached hydrogen (secondary N) is 1. The van der Waals surface area contributed by atoms with E-state index in [4.69, 9.17) is 9.98 Å². The molecule has 1 aliphatic rings. The molecule has 0 saturated heterocycles. The van der Waals surface area contributed by atoms with Crippen LogP contribution in [0, 0.1) is 0 Å². The highest BCUT2D eigenvalue weighted by Gasteiger charge is 2.22. The highest BCUT2D eigenvalue weighted by molar-refractivity contribution is 6.25. The molecule has 0 fully saturated rings. The summed E-state index contributed by atoms with van der Waals surface area (Å²) in [5.74, 6) is 1.63. The summed E-state index contributed by atoms with van der Waals surface area (Å²) in [6, 6.07) is 62.3. The fourth-order valence-electron chi connectivity index (χ4n) is 6.97. The first kappa shape index (κ1) is 27.9. The van der Waals surface area contributed by atoms with Gasteiger partial charge in [0.05, 0.1) is 0 Å². The molecule has 9 rings (SSSR count). The molecule has 0 saturated carbocycles. The molecule has 1 aliphatic heterocycles. The Morgan fingerprint density at radius 1 is 0.333 bits per heavy atom. The second kappa shape index (κ2) is 11.8. The van der Waals surface area contributed by atoms with E-state index in [-0.39, 0.29) is 6.17 Å². The zero-order valence-corrected chi connectivity index (χ0v) is 26.2. The van der Waals surface area contributed by atoms with E-state index < -0.39 is 0 Å². The van der Waals surface area contributed by atoms with Crippen molar-refractivity contribution in [2.75, 3.05) is 0 Å². The van der Waals surface area contributed by atoms with Gasteiger partial charge in [-0.1, -0.05) is 170 Å². The first-order chi connectivity index (χ1) is 23.8. The zero-order valence-electron chi connectivity index (χ0n) is 26.2. The van der Waals surface area contributed by atoms with E-state index in [1.54, 1.807) is 0 Å². The third kappa shape index (κ3) is 4.94. The molecular formula is C45H31N3. The SMILES string of the molecule is c1ccc(C2=NC(c3ccccc3)N=C(c3ccccc3-c3ccc(-c4ccc5c6ccccc6c6ccccc6c5c4)cc3)N2)cc1. The lowest BCUT2D eigenvalue weighted by atomic mass is 9.91. The molecule has 0 aromatic heterocycles. The van der Waals surface area contributed by atoms with Gasteiger partial charge in [-0.05, 0) is 66.2 Å². The maximum absolute atomic E-state index is 5.14. The Kier molecular flexibility index (Phi) is 6.87. The first-order valence-electron chi connectivity index (χ1n) is 16.4. The summed E-state index contributed by atoms with van der Waals surface area (Å²) in [6.45, 7) is 0. The number of aliphatic imine (C=N–C) groups is 2. The van der Waals surface area contributed by atoms with E-state index >= 15 is 0 Å². The summed E-state index contributed by atoms with van der Waals surface area (Å²) in [4.78, 5) is 10.2. The number of hydrogen-bond acceptors (Lipinski definition) is 3. The van der Waals surface area contributed by atoms with E-state index in [1.807, 2.05) is 36.4 Å². The lowest BCUT2D eigenvalue weighted by Crippen LogP contribution is -2.36. The van der Waals surface area contributed by atoms with Crippen molar-refractivity contribution < 1.29 is 0 Å². The Hall–Kier alpha value is -6.32. The topological polar surface area (TPSA) is 36.8 Å². The van der Waals surface area contributed by atoms with Gasteiger partial charge in [-0.15, -0.1) is 0 Å². The molecule has 8 aromatic carbocycles. The Morgan fingerprint density at radius 2 is 0.812 bits per heavy atom. The second-order valence-electron chi connectivity index (χ2n) is 12.2. The highest BCUT2D eigenvalue weighted by Crippen LogP contribution is 2.37. The van der Waals surface area contributed by atoms with Crippen LogP contribution < -0.4 is 5.32 Å². The smallest absolute Gasteiger partial charge is 0.169 e. The summed E-state index contributed by atoms with van der Waals surface area (Å²) in [5.41, 5.74) is 7.77. The Balaban J connectivity index is 1.10. The molecule has 3 heteroatoms. The lowest BCUT2D eigenvalue weighted by molar-refractivity contribution is 0.756. The van der Waals surface area contributed by atoms with Crippen LogP contribution in [0.2, 0.25) is 0 Å². The molecule has 0 aliphatic carbocycles. The molecule has 48 heavy (non-hydrogen) atoms. The van der Waals surface area contributed by atoms with Crippen LogP contribution in [-0.2, 0) is 0 Å². The molecule has 3 nitrogen and oxygen atoms in total. The maximum Gasteiger partial charge on any atom is 0.169 e. The predicted molar refractivity (Wildman–Crippen MR) is 202 cm³/mol. The molecule has 226 valence electrons. The normalized spacial score (nSPS) is 14.5. The van der Waals surface area contributed by atoms with Gasteiger partial charge in [0, 0.05) is 11.1 Å². The molecule has 1 N–H and O–H groups in total. The summed E-state index contributed by atoms with van der Waals surface area (Å²) in [6.07, 6.45) is -0.339. The highest BCUT2D eigenvalue weighted by atomic mass is 15.2. The van der Waals surface area contributed by atoms with Gasteiger partial charge < -0.3 is 5.32 Å². The van der Waals surface area contributed by atoms with Gasteiger partial charge in [0.15, 0.2) is 6.17 Å². The molecule has 1 heterocycles. The largest absolute Gasteiger partial charge is 0.324 e. The van der Waals surface area contributed by atoms with Crippen LogP contribution in [0.25, 0.3) is 54.6 Å². The third-order valence-corrected chi connectivity index (χ3v) is 9.34. The van der Waals surface area contributed by atoms with Crippen molar-refractivity contribution in [3.05, 3.63) is 193 Å². The lowest BCUT2D eigenvalue weighted by Gasteiger charge is -2.23. The average molecular weight is 614 g/mol. The number of nitrogens with zero attached hydrogens (tertiary/aromatic N) is 2. The van der Waals surface area contributed by atoms with Crippen LogP contribution in [-0.4, -0.2) is 11.7 Å². The van der Waals surface area contributed by atoms with Crippen LogP contribution in [0.3, 0.4) is 0 Å². The quantitative estimate of drug-likeness (QED) is 0.193. The van der Waals surface area contributed by atoms with E-state index in [1.165, 1.54) is 43.4 Å². The summed E-state index contributed by atoms with van der Waals surface area (Å²) in [7, 11) is 0. The summed E-state index contributed by atoms with van der Waals surface area (Å²) in [5, 5.41) is 11.3. The Bertz CT molecular complexity index is 2480. The van der Waals surface area contributed by atoms with E-state index in [0.717, 1.165) is 39.5 Å². The monoisotopic (exact) mass is 613 g/mol. The van der Waals surface area contributed by atoms with E-state index in [0.29, 0.717) is 0 Å². The van der Waals surface area contributed by atoms with Gasteiger partial charge in [-0.2, -0.15) is 0 Å². The number of hydrogen-bond donors (Lipinski definition) is 1. The van der Waals surface area contributed by atoms with Crippen molar-refractivity contribution in [3.8, 4) is 22.3 Å². The fraction of sp³-hybridized carbons (Fsp3) is 0.0222. The number of fused-ring (bicyclic) bond motifs is 6. The summed E-state index contributed by atoms with van der Waals surface area (Å²) < 4.78 is 0. The second-order valence-corrected chi connectivity index (χ2v) is 12.2.